The molecule has 1 aromatic carbocycles. The molecular weight excluding hydrogens is 354 g/mol. The molecule has 0 fully saturated rings. The largest absolute Gasteiger partial charge is 0.360 e. The minimum atomic E-state index is -0.412. The molecule has 0 aliphatic heterocycles. The van der Waals surface area contributed by atoms with Crippen LogP contribution in [0.4, 0.5) is 5.82 Å². The zero-order valence-electron chi connectivity index (χ0n) is 14.0. The number of nitrogens with one attached hydrogen (secondary N) is 1. The van der Waals surface area contributed by atoms with Gasteiger partial charge in [-0.25, -0.2) is 9.67 Å². The standard InChI is InChI=1S/C18H14ClN5O2/c1-10-8-14(23-26-10)21-18(25)13-9-20-17-15(16(13)19)11(2)22-24(17)12-6-4-3-5-7-12/h3-9H,1-2H3,(H,21,23,25). The molecule has 3 aromatic heterocycles. The quantitative estimate of drug-likeness (QED) is 0.593. The summed E-state index contributed by atoms with van der Waals surface area (Å²) >= 11 is 6.52. The number of anilines is 1. The highest BCUT2D eigenvalue weighted by Crippen LogP contribution is 2.30. The highest BCUT2D eigenvalue weighted by atomic mass is 35.5. The molecule has 0 aliphatic rings. The summed E-state index contributed by atoms with van der Waals surface area (Å²) in [6, 6.07) is 11.2. The lowest BCUT2D eigenvalue weighted by Gasteiger charge is -2.06. The number of rotatable bonds is 3. The fourth-order valence-electron chi connectivity index (χ4n) is 2.72. The second kappa shape index (κ2) is 6.27. The average Bonchev–Trinajstić information content (AvgIpc) is 3.19. The molecule has 0 saturated heterocycles. The minimum absolute atomic E-state index is 0.246. The number of hydrogen-bond donors (Lipinski definition) is 1. The number of nitrogens with zero attached hydrogens (tertiary/aromatic N) is 4. The van der Waals surface area contributed by atoms with Gasteiger partial charge in [0.1, 0.15) is 5.76 Å². The van der Waals surface area contributed by atoms with Crippen LogP contribution in [0.5, 0.6) is 0 Å². The van der Waals surface area contributed by atoms with Crippen LogP contribution in [0.15, 0.2) is 47.1 Å². The van der Waals surface area contributed by atoms with Gasteiger partial charge in [0.25, 0.3) is 5.91 Å². The van der Waals surface area contributed by atoms with Gasteiger partial charge < -0.3 is 9.84 Å². The van der Waals surface area contributed by atoms with E-state index in [1.54, 1.807) is 17.7 Å². The molecule has 4 rings (SSSR count). The first-order chi connectivity index (χ1) is 12.5. The average molecular weight is 368 g/mol. The number of pyridine rings is 1. The first kappa shape index (κ1) is 16.3. The monoisotopic (exact) mass is 367 g/mol. The summed E-state index contributed by atoms with van der Waals surface area (Å²) in [6.07, 6.45) is 1.44. The van der Waals surface area contributed by atoms with E-state index in [0.29, 0.717) is 33.3 Å². The van der Waals surface area contributed by atoms with Crippen LogP contribution in [0.2, 0.25) is 5.02 Å². The Morgan fingerprint density at radius 1 is 1.23 bits per heavy atom. The topological polar surface area (TPSA) is 85.8 Å². The second-order valence-electron chi connectivity index (χ2n) is 5.79. The molecule has 7 nitrogen and oxygen atoms in total. The van der Waals surface area contributed by atoms with Crippen LogP contribution in [0.25, 0.3) is 16.7 Å². The molecule has 4 aromatic rings. The van der Waals surface area contributed by atoms with E-state index in [2.05, 4.69) is 20.6 Å². The maximum absolute atomic E-state index is 12.5. The Kier molecular flexibility index (Phi) is 3.93. The predicted octanol–water partition coefficient (Wildman–Crippen LogP) is 3.93. The molecule has 0 unspecified atom stereocenters. The van der Waals surface area contributed by atoms with E-state index in [4.69, 9.17) is 16.1 Å². The molecule has 0 radical (unpaired) electrons. The first-order valence-corrected chi connectivity index (χ1v) is 8.26. The zero-order chi connectivity index (χ0) is 18.3. The highest BCUT2D eigenvalue weighted by Gasteiger charge is 2.20. The van der Waals surface area contributed by atoms with Crippen molar-refractivity contribution in [2.45, 2.75) is 13.8 Å². The zero-order valence-corrected chi connectivity index (χ0v) is 14.8. The maximum atomic E-state index is 12.5. The van der Waals surface area contributed by atoms with Crippen molar-refractivity contribution >= 4 is 34.4 Å². The number of carbonyl (C=O) groups excluding carboxylic acids is 1. The number of benzene rings is 1. The van der Waals surface area contributed by atoms with E-state index in [9.17, 15) is 4.79 Å². The van der Waals surface area contributed by atoms with Crippen LogP contribution in [0, 0.1) is 13.8 Å². The fourth-order valence-corrected chi connectivity index (χ4v) is 3.08. The van der Waals surface area contributed by atoms with Crippen molar-refractivity contribution in [3.8, 4) is 5.69 Å². The third-order valence-electron chi connectivity index (χ3n) is 3.92. The summed E-state index contributed by atoms with van der Waals surface area (Å²) in [5, 5.41) is 11.9. The van der Waals surface area contributed by atoms with Gasteiger partial charge in [0, 0.05) is 12.3 Å². The smallest absolute Gasteiger partial charge is 0.260 e. The molecule has 0 atom stereocenters. The van der Waals surface area contributed by atoms with Crippen LogP contribution in [-0.4, -0.2) is 25.8 Å². The van der Waals surface area contributed by atoms with E-state index in [0.717, 1.165) is 5.69 Å². The van der Waals surface area contributed by atoms with Crippen LogP contribution in [0.1, 0.15) is 21.8 Å². The van der Waals surface area contributed by atoms with E-state index < -0.39 is 5.91 Å². The van der Waals surface area contributed by atoms with Gasteiger partial charge >= 0.3 is 0 Å². The Bertz CT molecular complexity index is 1120. The molecule has 26 heavy (non-hydrogen) atoms. The summed E-state index contributed by atoms with van der Waals surface area (Å²) < 4.78 is 6.65. The Hall–Kier alpha value is -3.19. The van der Waals surface area contributed by atoms with E-state index in [1.807, 2.05) is 37.3 Å². The van der Waals surface area contributed by atoms with Crippen molar-refractivity contribution in [2.24, 2.45) is 0 Å². The van der Waals surface area contributed by atoms with Crippen LogP contribution in [-0.2, 0) is 0 Å². The molecule has 3 heterocycles. The summed E-state index contributed by atoms with van der Waals surface area (Å²) in [4.78, 5) is 16.9. The third-order valence-corrected chi connectivity index (χ3v) is 4.32. The van der Waals surface area contributed by atoms with Gasteiger partial charge in [0.2, 0.25) is 0 Å². The molecule has 0 bridgehead atoms. The molecule has 0 spiro atoms. The number of hydrogen-bond acceptors (Lipinski definition) is 5. The van der Waals surface area contributed by atoms with Crippen LogP contribution < -0.4 is 5.32 Å². The van der Waals surface area contributed by atoms with E-state index in [-0.39, 0.29) is 5.56 Å². The van der Waals surface area contributed by atoms with Gasteiger partial charge in [-0.3, -0.25) is 4.79 Å². The molecule has 0 aliphatic carbocycles. The Morgan fingerprint density at radius 3 is 2.69 bits per heavy atom. The van der Waals surface area contributed by atoms with Crippen molar-refractivity contribution < 1.29 is 9.32 Å². The molecule has 8 heteroatoms. The summed E-state index contributed by atoms with van der Waals surface area (Å²) in [6.45, 7) is 3.57. The SMILES string of the molecule is Cc1cc(NC(=O)c2cnc3c(c(C)nn3-c3ccccc3)c2Cl)no1. The number of aryl methyl sites for hydroxylation is 2. The Labute approximate surface area is 153 Å². The number of para-hydroxylation sites is 1. The number of aromatic nitrogens is 4. The third kappa shape index (κ3) is 2.72. The van der Waals surface area contributed by atoms with E-state index in [1.165, 1.54) is 6.20 Å². The first-order valence-electron chi connectivity index (χ1n) is 7.88. The van der Waals surface area contributed by atoms with Crippen molar-refractivity contribution in [1.29, 1.82) is 0 Å². The summed E-state index contributed by atoms with van der Waals surface area (Å²) in [5.41, 5.74) is 2.39. The highest BCUT2D eigenvalue weighted by molar-refractivity contribution is 6.39. The van der Waals surface area contributed by atoms with Gasteiger partial charge in [0.15, 0.2) is 11.5 Å². The van der Waals surface area contributed by atoms with Crippen molar-refractivity contribution in [3.63, 3.8) is 0 Å². The van der Waals surface area contributed by atoms with Gasteiger partial charge in [-0.05, 0) is 26.0 Å². The number of halogens is 1. The lowest BCUT2D eigenvalue weighted by Crippen LogP contribution is -2.13. The normalized spacial score (nSPS) is 11.0. The number of amides is 1. The number of carbonyl (C=O) groups is 1. The summed E-state index contributed by atoms with van der Waals surface area (Å²) in [7, 11) is 0. The van der Waals surface area contributed by atoms with Crippen LogP contribution in [0.3, 0.4) is 0 Å². The van der Waals surface area contributed by atoms with Gasteiger partial charge in [-0.1, -0.05) is 35.0 Å². The molecule has 1 N–H and O–H groups in total. The molecule has 130 valence electrons. The van der Waals surface area contributed by atoms with Crippen LogP contribution >= 0.6 is 11.6 Å². The summed E-state index contributed by atoms with van der Waals surface area (Å²) in [5.74, 6) is 0.505. The van der Waals surface area contributed by atoms with Gasteiger partial charge in [-0.15, -0.1) is 0 Å². The lowest BCUT2D eigenvalue weighted by molar-refractivity contribution is 0.102. The molecule has 0 saturated carbocycles. The number of fused-ring (bicyclic) bond motifs is 1. The molecule has 1 amide bonds. The maximum Gasteiger partial charge on any atom is 0.260 e. The molecular formula is C18H14ClN5O2. The minimum Gasteiger partial charge on any atom is -0.360 e. The lowest BCUT2D eigenvalue weighted by atomic mass is 10.2. The van der Waals surface area contributed by atoms with Crippen molar-refractivity contribution in [3.05, 3.63) is 64.6 Å². The fraction of sp³-hybridized carbons (Fsp3) is 0.111. The van der Waals surface area contributed by atoms with Crippen molar-refractivity contribution in [2.75, 3.05) is 5.32 Å². The predicted molar refractivity (Wildman–Crippen MR) is 97.8 cm³/mol. The van der Waals surface area contributed by atoms with Gasteiger partial charge in [0.05, 0.1) is 27.4 Å². The Morgan fingerprint density at radius 2 is 2.00 bits per heavy atom. The van der Waals surface area contributed by atoms with E-state index >= 15 is 0 Å². The second-order valence-corrected chi connectivity index (χ2v) is 6.17. The van der Waals surface area contributed by atoms with Crippen molar-refractivity contribution in [1.82, 2.24) is 19.9 Å². The van der Waals surface area contributed by atoms with Gasteiger partial charge in [-0.2, -0.15) is 5.10 Å². The Balaban J connectivity index is 1.78.